The van der Waals surface area contributed by atoms with Crippen LogP contribution in [-0.4, -0.2) is 49.9 Å². The molecule has 0 spiro atoms. The molecule has 34 heavy (non-hydrogen) atoms. The Kier molecular flexibility index (Phi) is 5.26. The molecule has 1 aliphatic heterocycles. The molecule has 1 amide bonds. The molecule has 4 aromatic rings. The highest BCUT2D eigenvalue weighted by atomic mass is 19.1. The first-order chi connectivity index (χ1) is 16.7. The fraction of sp³-hybridized carbons (Fsp3) is 0.320. The summed E-state index contributed by atoms with van der Waals surface area (Å²) in [6, 6.07) is 8.35. The molecule has 0 radical (unpaired) electrons. The van der Waals surface area contributed by atoms with Gasteiger partial charge in [-0.2, -0.15) is 9.78 Å². The number of carbonyl (C=O) groups excluding carboxylic acids is 1. The van der Waals surface area contributed by atoms with Crippen LogP contribution in [0.5, 0.6) is 0 Å². The number of ether oxygens (including phenoxy) is 1. The van der Waals surface area contributed by atoms with Crippen molar-refractivity contribution in [1.82, 2.24) is 30.0 Å². The minimum absolute atomic E-state index is 0.0833. The normalized spacial score (nSPS) is 16.6. The molecule has 3 aromatic heterocycles. The Bertz CT molecular complexity index is 1360. The number of nitrogens with one attached hydrogen (secondary N) is 1. The van der Waals surface area contributed by atoms with Gasteiger partial charge in [-0.05, 0) is 37.8 Å². The van der Waals surface area contributed by atoms with Crippen LogP contribution in [0.25, 0.3) is 28.0 Å². The second kappa shape index (κ2) is 8.57. The van der Waals surface area contributed by atoms with E-state index in [0.717, 1.165) is 42.3 Å². The second-order valence-electron chi connectivity index (χ2n) is 8.77. The molecule has 9 heteroatoms. The Hall–Kier alpha value is -3.72. The molecule has 0 unspecified atom stereocenters. The maximum absolute atomic E-state index is 14.2. The van der Waals surface area contributed by atoms with Crippen LogP contribution in [0.4, 0.5) is 4.39 Å². The van der Waals surface area contributed by atoms with Gasteiger partial charge in [0.15, 0.2) is 0 Å². The molecule has 1 saturated heterocycles. The third-order valence-electron chi connectivity index (χ3n) is 6.36. The Morgan fingerprint density at radius 1 is 1.03 bits per heavy atom. The molecule has 4 heterocycles. The summed E-state index contributed by atoms with van der Waals surface area (Å²) in [6.45, 7) is 1.30. The summed E-state index contributed by atoms with van der Waals surface area (Å²) < 4.78 is 21.2. The van der Waals surface area contributed by atoms with Gasteiger partial charge in [0.2, 0.25) is 0 Å². The molecule has 2 aliphatic rings. The van der Waals surface area contributed by atoms with Crippen molar-refractivity contribution >= 4 is 16.8 Å². The second-order valence-corrected chi connectivity index (χ2v) is 8.77. The molecule has 172 valence electrons. The summed E-state index contributed by atoms with van der Waals surface area (Å²) in [6.07, 6.45) is 8.63. The quantitative estimate of drug-likeness (QED) is 0.489. The maximum atomic E-state index is 14.2. The third-order valence-corrected chi connectivity index (χ3v) is 6.36. The summed E-state index contributed by atoms with van der Waals surface area (Å²) in [7, 11) is 0. The fourth-order valence-corrected chi connectivity index (χ4v) is 4.33. The highest BCUT2D eigenvalue weighted by Gasteiger charge is 2.30. The van der Waals surface area contributed by atoms with E-state index in [-0.39, 0.29) is 17.8 Å². The molecular weight excluding hydrogens is 435 g/mol. The number of amides is 1. The standard InChI is InChI=1S/C25H23FN6O2/c26-20-4-2-1-3-18(20)16-12-28-25(29-13-16)32-22-11-21(24(33)30-17-7-9-34-10-8-17)27-14-19(22)23(31-32)15-5-6-15/h1-4,11-15,17H,5-10H2,(H,30,33). The van der Waals surface area contributed by atoms with Crippen molar-refractivity contribution in [3.05, 3.63) is 66.1 Å². The number of hydrogen-bond acceptors (Lipinski definition) is 6. The lowest BCUT2D eigenvalue weighted by Gasteiger charge is -2.22. The summed E-state index contributed by atoms with van der Waals surface area (Å²) in [5.74, 6) is 0.195. The topological polar surface area (TPSA) is 94.8 Å². The molecule has 1 aliphatic carbocycles. The smallest absolute Gasteiger partial charge is 0.270 e. The third kappa shape index (κ3) is 3.92. The first-order valence-electron chi connectivity index (χ1n) is 11.5. The number of hydrogen-bond donors (Lipinski definition) is 1. The largest absolute Gasteiger partial charge is 0.381 e. The lowest BCUT2D eigenvalue weighted by Crippen LogP contribution is -2.39. The first-order valence-corrected chi connectivity index (χ1v) is 11.5. The van der Waals surface area contributed by atoms with Gasteiger partial charge in [-0.3, -0.25) is 9.78 Å². The number of fused-ring (bicyclic) bond motifs is 1. The summed E-state index contributed by atoms with van der Waals surface area (Å²) in [5, 5.41) is 8.74. The minimum Gasteiger partial charge on any atom is -0.381 e. The van der Waals surface area contributed by atoms with Crippen molar-refractivity contribution in [1.29, 1.82) is 0 Å². The van der Waals surface area contributed by atoms with Gasteiger partial charge in [0, 0.05) is 60.3 Å². The number of rotatable bonds is 5. The number of pyridine rings is 1. The number of halogens is 1. The van der Waals surface area contributed by atoms with E-state index in [1.54, 1.807) is 47.5 Å². The van der Waals surface area contributed by atoms with Gasteiger partial charge in [-0.1, -0.05) is 18.2 Å². The predicted molar refractivity (Wildman–Crippen MR) is 123 cm³/mol. The summed E-state index contributed by atoms with van der Waals surface area (Å²) in [5.41, 5.74) is 3.02. The van der Waals surface area contributed by atoms with E-state index in [2.05, 4.69) is 20.3 Å². The Morgan fingerprint density at radius 2 is 1.79 bits per heavy atom. The summed E-state index contributed by atoms with van der Waals surface area (Å²) in [4.78, 5) is 26.2. The van der Waals surface area contributed by atoms with Gasteiger partial charge < -0.3 is 10.1 Å². The molecular formula is C25H23FN6O2. The Balaban J connectivity index is 1.36. The van der Waals surface area contributed by atoms with E-state index in [0.29, 0.717) is 41.9 Å². The molecule has 1 N–H and O–H groups in total. The molecule has 8 nitrogen and oxygen atoms in total. The van der Waals surface area contributed by atoms with Gasteiger partial charge in [0.25, 0.3) is 11.9 Å². The minimum atomic E-state index is -0.328. The number of carbonyl (C=O) groups is 1. The molecule has 2 fully saturated rings. The fourth-order valence-electron chi connectivity index (χ4n) is 4.33. The molecule has 6 rings (SSSR count). The van der Waals surface area contributed by atoms with E-state index in [1.165, 1.54) is 6.07 Å². The van der Waals surface area contributed by atoms with Gasteiger partial charge in [0.1, 0.15) is 11.5 Å². The van der Waals surface area contributed by atoms with Crippen LogP contribution in [0.15, 0.2) is 48.9 Å². The van der Waals surface area contributed by atoms with E-state index < -0.39 is 0 Å². The molecule has 1 saturated carbocycles. The van der Waals surface area contributed by atoms with Crippen molar-refractivity contribution in [2.24, 2.45) is 0 Å². The average molecular weight is 458 g/mol. The monoisotopic (exact) mass is 458 g/mol. The van der Waals surface area contributed by atoms with E-state index in [9.17, 15) is 9.18 Å². The molecule has 0 atom stereocenters. The lowest BCUT2D eigenvalue weighted by molar-refractivity contribution is 0.0694. The van der Waals surface area contributed by atoms with Crippen molar-refractivity contribution in [3.8, 4) is 17.1 Å². The van der Waals surface area contributed by atoms with Crippen molar-refractivity contribution in [3.63, 3.8) is 0 Å². The zero-order valence-corrected chi connectivity index (χ0v) is 18.4. The molecule has 1 aromatic carbocycles. The van der Waals surface area contributed by atoms with E-state index in [1.807, 2.05) is 0 Å². The van der Waals surface area contributed by atoms with Crippen molar-refractivity contribution in [2.75, 3.05) is 13.2 Å². The van der Waals surface area contributed by atoms with Gasteiger partial charge in [-0.15, -0.1) is 0 Å². The molecule has 0 bridgehead atoms. The number of aromatic nitrogens is 5. The highest BCUT2D eigenvalue weighted by molar-refractivity contribution is 5.96. The van der Waals surface area contributed by atoms with Gasteiger partial charge >= 0.3 is 0 Å². The summed E-state index contributed by atoms with van der Waals surface area (Å²) >= 11 is 0. The lowest BCUT2D eigenvalue weighted by atomic mass is 10.1. The van der Waals surface area contributed by atoms with Crippen LogP contribution in [0, 0.1) is 5.82 Å². The average Bonchev–Trinajstić information content (AvgIpc) is 3.65. The maximum Gasteiger partial charge on any atom is 0.270 e. The van der Waals surface area contributed by atoms with Gasteiger partial charge in [-0.25, -0.2) is 14.4 Å². The van der Waals surface area contributed by atoms with Gasteiger partial charge in [0.05, 0.1) is 11.2 Å². The van der Waals surface area contributed by atoms with Crippen molar-refractivity contribution < 1.29 is 13.9 Å². The van der Waals surface area contributed by atoms with Crippen LogP contribution < -0.4 is 5.32 Å². The van der Waals surface area contributed by atoms with Crippen LogP contribution in [0.2, 0.25) is 0 Å². The Labute approximate surface area is 195 Å². The highest BCUT2D eigenvalue weighted by Crippen LogP contribution is 2.42. The van der Waals surface area contributed by atoms with Crippen LogP contribution in [0.3, 0.4) is 0 Å². The first kappa shape index (κ1) is 20.9. The van der Waals surface area contributed by atoms with Crippen LogP contribution in [-0.2, 0) is 4.74 Å². The van der Waals surface area contributed by atoms with Crippen LogP contribution in [0.1, 0.15) is 47.8 Å². The Morgan fingerprint density at radius 3 is 2.53 bits per heavy atom. The van der Waals surface area contributed by atoms with Crippen LogP contribution >= 0.6 is 0 Å². The van der Waals surface area contributed by atoms with E-state index in [4.69, 9.17) is 9.84 Å². The number of benzene rings is 1. The predicted octanol–water partition coefficient (Wildman–Crippen LogP) is 3.80. The zero-order valence-electron chi connectivity index (χ0n) is 18.4. The van der Waals surface area contributed by atoms with E-state index >= 15 is 0 Å². The van der Waals surface area contributed by atoms with Crippen molar-refractivity contribution in [2.45, 2.75) is 37.6 Å². The zero-order chi connectivity index (χ0) is 23.1. The SMILES string of the molecule is O=C(NC1CCOCC1)c1cc2c(cn1)c(C1CC1)nn2-c1ncc(-c2ccccc2F)cn1. The number of nitrogens with zero attached hydrogens (tertiary/aromatic N) is 5.